The molecule has 0 aliphatic heterocycles. The van der Waals surface area contributed by atoms with Crippen LogP contribution in [0.25, 0.3) is 22.5 Å². The van der Waals surface area contributed by atoms with E-state index in [9.17, 15) is 4.39 Å². The van der Waals surface area contributed by atoms with E-state index in [1.54, 1.807) is 0 Å². The van der Waals surface area contributed by atoms with Crippen LogP contribution in [0.15, 0.2) is 60.9 Å². The first kappa shape index (κ1) is 23.9. The minimum Gasteiger partial charge on any atom is -0.491 e. The van der Waals surface area contributed by atoms with Crippen LogP contribution >= 0.6 is 0 Å². The molecule has 2 aromatic carbocycles. The third kappa shape index (κ3) is 7.44. The maximum atomic E-state index is 13.9. The van der Waals surface area contributed by atoms with Crippen LogP contribution in [0.4, 0.5) is 4.39 Å². The van der Waals surface area contributed by atoms with Crippen LogP contribution in [0.3, 0.4) is 0 Å². The molecule has 0 spiro atoms. The summed E-state index contributed by atoms with van der Waals surface area (Å²) < 4.78 is 19.5. The average Bonchev–Trinajstić information content (AvgIpc) is 2.84. The van der Waals surface area contributed by atoms with E-state index in [2.05, 4.69) is 48.1 Å². The number of aromatic nitrogens is 2. The Morgan fingerprint density at radius 1 is 0.750 bits per heavy atom. The van der Waals surface area contributed by atoms with Gasteiger partial charge in [0.25, 0.3) is 0 Å². The zero-order valence-electron chi connectivity index (χ0n) is 19.4. The Labute approximate surface area is 192 Å². The number of benzene rings is 2. The highest BCUT2D eigenvalue weighted by Gasteiger charge is 2.08. The molecule has 0 fully saturated rings. The van der Waals surface area contributed by atoms with Crippen molar-refractivity contribution < 1.29 is 9.13 Å². The van der Waals surface area contributed by atoms with Crippen molar-refractivity contribution in [2.24, 2.45) is 0 Å². The van der Waals surface area contributed by atoms with E-state index in [1.807, 2.05) is 36.7 Å². The van der Waals surface area contributed by atoms with Crippen molar-refractivity contribution in [1.82, 2.24) is 9.97 Å². The topological polar surface area (TPSA) is 35.0 Å². The van der Waals surface area contributed by atoms with Gasteiger partial charge < -0.3 is 4.74 Å². The fourth-order valence-corrected chi connectivity index (χ4v) is 3.66. The summed E-state index contributed by atoms with van der Waals surface area (Å²) in [5.41, 5.74) is 4.34. The van der Waals surface area contributed by atoms with Gasteiger partial charge in [-0.1, -0.05) is 82.3 Å². The first-order valence-corrected chi connectivity index (χ1v) is 12.0. The lowest BCUT2D eigenvalue weighted by molar-refractivity contribution is 0.184. The van der Waals surface area contributed by atoms with Crippen molar-refractivity contribution in [3.63, 3.8) is 0 Å². The van der Waals surface area contributed by atoms with Crippen molar-refractivity contribution in [3.8, 4) is 28.3 Å². The first-order chi connectivity index (χ1) is 15.7. The van der Waals surface area contributed by atoms with Gasteiger partial charge >= 0.3 is 0 Å². The fourth-order valence-electron chi connectivity index (χ4n) is 3.66. The Balaban J connectivity index is 1.54. The number of hydrogen-bond donors (Lipinski definition) is 0. The highest BCUT2D eigenvalue weighted by atomic mass is 19.1. The van der Waals surface area contributed by atoms with Crippen LogP contribution in [0, 0.1) is 0 Å². The number of hydrogen-bond acceptors (Lipinski definition) is 3. The SMILES string of the molecule is CCCCCc1ccc(-c2ncc(-c3ccc(OCC(F)CCCCC)cc3)cn2)cc1. The maximum absolute atomic E-state index is 13.9. The summed E-state index contributed by atoms with van der Waals surface area (Å²) in [5, 5.41) is 0. The van der Waals surface area contributed by atoms with Crippen molar-refractivity contribution in [2.45, 2.75) is 71.4 Å². The van der Waals surface area contributed by atoms with Gasteiger partial charge in [0.2, 0.25) is 0 Å². The molecule has 32 heavy (non-hydrogen) atoms. The summed E-state index contributed by atoms with van der Waals surface area (Å²) in [6, 6.07) is 16.2. The van der Waals surface area contributed by atoms with E-state index in [-0.39, 0.29) is 6.61 Å². The molecule has 1 unspecified atom stereocenters. The quantitative estimate of drug-likeness (QED) is 0.257. The van der Waals surface area contributed by atoms with Crippen molar-refractivity contribution >= 4 is 0 Å². The molecule has 0 aliphatic carbocycles. The van der Waals surface area contributed by atoms with Crippen LogP contribution in [0.5, 0.6) is 5.75 Å². The Hall–Kier alpha value is -2.75. The van der Waals surface area contributed by atoms with Gasteiger partial charge in [-0.2, -0.15) is 0 Å². The van der Waals surface area contributed by atoms with Gasteiger partial charge in [-0.05, 0) is 42.5 Å². The molecule has 0 saturated carbocycles. The molecule has 3 nitrogen and oxygen atoms in total. The molecule has 1 atom stereocenters. The fraction of sp³-hybridized carbons (Fsp3) is 0.429. The third-order valence-corrected chi connectivity index (χ3v) is 5.67. The van der Waals surface area contributed by atoms with Crippen LogP contribution in [-0.4, -0.2) is 22.7 Å². The normalized spacial score (nSPS) is 12.0. The van der Waals surface area contributed by atoms with E-state index in [4.69, 9.17) is 4.74 Å². The molecule has 1 heterocycles. The lowest BCUT2D eigenvalue weighted by Gasteiger charge is -2.11. The molecular formula is C28H35FN2O. The summed E-state index contributed by atoms with van der Waals surface area (Å²) >= 11 is 0. The number of nitrogens with zero attached hydrogens (tertiary/aromatic N) is 2. The predicted octanol–water partition coefficient (Wildman–Crippen LogP) is 7.84. The van der Waals surface area contributed by atoms with Crippen molar-refractivity contribution in [3.05, 3.63) is 66.5 Å². The van der Waals surface area contributed by atoms with Gasteiger partial charge in [0.1, 0.15) is 18.5 Å². The zero-order valence-corrected chi connectivity index (χ0v) is 19.4. The zero-order chi connectivity index (χ0) is 22.6. The van der Waals surface area contributed by atoms with Gasteiger partial charge in [-0.15, -0.1) is 0 Å². The van der Waals surface area contributed by atoms with Crippen LogP contribution in [-0.2, 0) is 6.42 Å². The van der Waals surface area contributed by atoms with Gasteiger partial charge in [0.15, 0.2) is 5.82 Å². The van der Waals surface area contributed by atoms with Gasteiger partial charge in [0.05, 0.1) is 0 Å². The summed E-state index contributed by atoms with van der Waals surface area (Å²) in [6.07, 6.45) is 11.3. The lowest BCUT2D eigenvalue weighted by Crippen LogP contribution is -2.12. The summed E-state index contributed by atoms with van der Waals surface area (Å²) in [7, 11) is 0. The minimum atomic E-state index is -0.910. The third-order valence-electron chi connectivity index (χ3n) is 5.67. The minimum absolute atomic E-state index is 0.109. The van der Waals surface area contributed by atoms with E-state index < -0.39 is 6.17 Å². The second-order valence-corrected chi connectivity index (χ2v) is 8.38. The molecule has 0 amide bonds. The second kappa shape index (κ2) is 12.9. The first-order valence-electron chi connectivity index (χ1n) is 12.0. The second-order valence-electron chi connectivity index (χ2n) is 8.38. The Kier molecular flexibility index (Phi) is 9.67. The summed E-state index contributed by atoms with van der Waals surface area (Å²) in [4.78, 5) is 9.11. The lowest BCUT2D eigenvalue weighted by atomic mass is 10.0. The Morgan fingerprint density at radius 3 is 2.03 bits per heavy atom. The molecule has 0 bridgehead atoms. The Bertz CT molecular complexity index is 908. The van der Waals surface area contributed by atoms with Crippen LogP contribution in [0.1, 0.15) is 64.4 Å². The molecule has 0 N–H and O–H groups in total. The number of alkyl halides is 1. The highest BCUT2D eigenvalue weighted by molar-refractivity contribution is 5.64. The van der Waals surface area contributed by atoms with Crippen molar-refractivity contribution in [2.75, 3.05) is 6.61 Å². The standard InChI is InChI=1S/C28H35FN2O/c1-3-5-7-9-22-11-13-24(14-12-22)28-30-19-25(20-31-28)23-15-17-27(18-16-23)32-21-26(29)10-8-6-4-2/h11-20,26H,3-10,21H2,1-2H3. The molecular weight excluding hydrogens is 399 g/mol. The van der Waals surface area contributed by atoms with E-state index in [0.29, 0.717) is 12.2 Å². The highest BCUT2D eigenvalue weighted by Crippen LogP contribution is 2.24. The molecule has 3 aromatic rings. The van der Waals surface area contributed by atoms with Crippen LogP contribution < -0.4 is 4.74 Å². The molecule has 4 heteroatoms. The van der Waals surface area contributed by atoms with Crippen molar-refractivity contribution in [1.29, 1.82) is 0 Å². The number of rotatable bonds is 13. The van der Waals surface area contributed by atoms with E-state index in [1.165, 1.54) is 24.8 Å². The number of aryl methyl sites for hydroxylation is 1. The Morgan fingerprint density at radius 2 is 1.38 bits per heavy atom. The summed E-state index contributed by atoms with van der Waals surface area (Å²) in [6.45, 7) is 4.46. The maximum Gasteiger partial charge on any atom is 0.159 e. The molecule has 0 saturated heterocycles. The van der Waals surface area contributed by atoms with E-state index >= 15 is 0 Å². The summed E-state index contributed by atoms with van der Waals surface area (Å²) in [5.74, 6) is 1.41. The smallest absolute Gasteiger partial charge is 0.159 e. The number of unbranched alkanes of at least 4 members (excludes halogenated alkanes) is 4. The number of halogens is 1. The molecule has 0 aliphatic rings. The van der Waals surface area contributed by atoms with E-state index in [0.717, 1.165) is 48.2 Å². The molecule has 0 radical (unpaired) electrons. The van der Waals surface area contributed by atoms with Crippen LogP contribution in [0.2, 0.25) is 0 Å². The number of ether oxygens (including phenoxy) is 1. The van der Waals surface area contributed by atoms with Gasteiger partial charge in [-0.25, -0.2) is 14.4 Å². The van der Waals surface area contributed by atoms with Gasteiger partial charge in [0, 0.05) is 23.5 Å². The van der Waals surface area contributed by atoms with Gasteiger partial charge in [-0.3, -0.25) is 0 Å². The average molecular weight is 435 g/mol. The molecule has 3 rings (SSSR count). The predicted molar refractivity (Wildman–Crippen MR) is 131 cm³/mol. The monoisotopic (exact) mass is 434 g/mol. The molecule has 1 aromatic heterocycles. The largest absolute Gasteiger partial charge is 0.491 e. The molecule has 170 valence electrons.